The van der Waals surface area contributed by atoms with Gasteiger partial charge in [-0.3, -0.25) is 15.5 Å². The lowest BCUT2D eigenvalue weighted by molar-refractivity contribution is -0.384. The van der Waals surface area contributed by atoms with Gasteiger partial charge < -0.3 is 4.74 Å². The maximum absolute atomic E-state index is 10.7. The van der Waals surface area contributed by atoms with Crippen molar-refractivity contribution in [3.05, 3.63) is 64.2 Å². The summed E-state index contributed by atoms with van der Waals surface area (Å²) in [5.74, 6) is 0.876. The smallest absolute Gasteiger partial charge is 0.269 e. The van der Waals surface area contributed by atoms with Gasteiger partial charge in [0.05, 0.1) is 23.4 Å². The summed E-state index contributed by atoms with van der Waals surface area (Å²) in [6, 6.07) is 14.0. The molecule has 0 aromatic heterocycles. The molecule has 0 heterocycles. The van der Waals surface area contributed by atoms with Crippen molar-refractivity contribution in [1.29, 1.82) is 0 Å². The zero-order valence-corrected chi connectivity index (χ0v) is 22.8. The molecule has 0 unspecified atom stereocenters. The number of hydrogen-bond donors (Lipinski definition) is 1. The first-order valence-corrected chi connectivity index (χ1v) is 14.5. The van der Waals surface area contributed by atoms with Crippen molar-refractivity contribution in [2.75, 3.05) is 12.0 Å². The largest absolute Gasteiger partial charge is 0.494 e. The van der Waals surface area contributed by atoms with Gasteiger partial charge in [-0.25, -0.2) is 0 Å². The van der Waals surface area contributed by atoms with E-state index in [1.165, 1.54) is 108 Å². The van der Waals surface area contributed by atoms with E-state index in [1.807, 2.05) is 24.3 Å². The number of nitro groups is 1. The number of benzene rings is 2. The van der Waals surface area contributed by atoms with Crippen LogP contribution in [0.4, 0.5) is 11.4 Å². The van der Waals surface area contributed by atoms with Gasteiger partial charge in [0.15, 0.2) is 0 Å². The summed E-state index contributed by atoms with van der Waals surface area (Å²) in [5, 5.41) is 14.9. The highest BCUT2D eigenvalue weighted by Gasteiger charge is 2.03. The molecule has 6 nitrogen and oxygen atoms in total. The van der Waals surface area contributed by atoms with Crippen LogP contribution >= 0.6 is 0 Å². The van der Waals surface area contributed by atoms with Crippen LogP contribution in [0.15, 0.2) is 53.6 Å². The van der Waals surface area contributed by atoms with Crippen LogP contribution in [0.3, 0.4) is 0 Å². The number of nitro benzene ring substituents is 1. The molecule has 37 heavy (non-hydrogen) atoms. The van der Waals surface area contributed by atoms with E-state index in [4.69, 9.17) is 4.74 Å². The fourth-order valence-corrected chi connectivity index (χ4v) is 4.33. The first-order valence-electron chi connectivity index (χ1n) is 14.5. The average Bonchev–Trinajstić information content (AvgIpc) is 2.91. The van der Waals surface area contributed by atoms with E-state index in [-0.39, 0.29) is 5.69 Å². The topological polar surface area (TPSA) is 76.8 Å². The van der Waals surface area contributed by atoms with Gasteiger partial charge in [-0.15, -0.1) is 0 Å². The lowest BCUT2D eigenvalue weighted by atomic mass is 10.0. The Bertz CT molecular complexity index is 866. The van der Waals surface area contributed by atoms with Gasteiger partial charge in [-0.2, -0.15) is 5.10 Å². The van der Waals surface area contributed by atoms with Gasteiger partial charge >= 0.3 is 0 Å². The van der Waals surface area contributed by atoms with E-state index in [2.05, 4.69) is 17.5 Å². The molecule has 2 aromatic carbocycles. The summed E-state index contributed by atoms with van der Waals surface area (Å²) in [5.41, 5.74) is 4.58. The molecule has 0 aliphatic rings. The van der Waals surface area contributed by atoms with Crippen LogP contribution in [0.25, 0.3) is 0 Å². The van der Waals surface area contributed by atoms with Crippen molar-refractivity contribution >= 4 is 17.6 Å². The Balaban J connectivity index is 1.41. The molecule has 2 aromatic rings. The SMILES string of the molecule is CCCCCCCCCCCCCCCCCCOc1ccc(/C=N/Nc2ccc([N+](=O)[O-])cc2)cc1. The van der Waals surface area contributed by atoms with Gasteiger partial charge in [0.2, 0.25) is 0 Å². The molecule has 2 rings (SSSR count). The van der Waals surface area contributed by atoms with E-state index in [9.17, 15) is 10.1 Å². The van der Waals surface area contributed by atoms with Gasteiger partial charge in [-0.1, -0.05) is 103 Å². The van der Waals surface area contributed by atoms with E-state index in [1.54, 1.807) is 18.3 Å². The minimum Gasteiger partial charge on any atom is -0.494 e. The molecular weight excluding hydrogens is 462 g/mol. The third-order valence-electron chi connectivity index (χ3n) is 6.63. The Labute approximate surface area is 224 Å². The highest BCUT2D eigenvalue weighted by atomic mass is 16.6. The maximum atomic E-state index is 10.7. The van der Waals surface area contributed by atoms with Gasteiger partial charge in [0, 0.05) is 12.1 Å². The highest BCUT2D eigenvalue weighted by Crippen LogP contribution is 2.17. The molecule has 0 fully saturated rings. The molecule has 0 radical (unpaired) electrons. The summed E-state index contributed by atoms with van der Waals surface area (Å²) < 4.78 is 5.87. The number of anilines is 1. The normalized spacial score (nSPS) is 11.2. The Kier molecular flexibility index (Phi) is 16.6. The first kappa shape index (κ1) is 30.3. The lowest BCUT2D eigenvalue weighted by Gasteiger charge is -2.07. The number of unbranched alkanes of at least 4 members (excludes halogenated alkanes) is 15. The molecule has 0 atom stereocenters. The lowest BCUT2D eigenvalue weighted by Crippen LogP contribution is -1.97. The van der Waals surface area contributed by atoms with Gasteiger partial charge in [0.1, 0.15) is 5.75 Å². The second-order valence-corrected chi connectivity index (χ2v) is 9.89. The first-order chi connectivity index (χ1) is 18.2. The van der Waals surface area contributed by atoms with Crippen molar-refractivity contribution in [2.45, 2.75) is 110 Å². The molecule has 1 N–H and O–H groups in total. The molecule has 204 valence electrons. The third kappa shape index (κ3) is 15.1. The van der Waals surface area contributed by atoms with Crippen molar-refractivity contribution in [3.63, 3.8) is 0 Å². The molecule has 6 heteroatoms. The molecule has 0 saturated heterocycles. The summed E-state index contributed by atoms with van der Waals surface area (Å²) in [6.45, 7) is 3.04. The fraction of sp³-hybridized carbons (Fsp3) is 0.581. The van der Waals surface area contributed by atoms with E-state index < -0.39 is 4.92 Å². The zero-order valence-electron chi connectivity index (χ0n) is 22.8. The van der Waals surface area contributed by atoms with Crippen LogP contribution in [-0.4, -0.2) is 17.7 Å². The number of hydrazone groups is 1. The van der Waals surface area contributed by atoms with Crippen LogP contribution in [-0.2, 0) is 0 Å². The van der Waals surface area contributed by atoms with E-state index in [0.717, 1.165) is 24.3 Å². The molecule has 0 spiro atoms. The van der Waals surface area contributed by atoms with Gasteiger partial charge in [0.25, 0.3) is 5.69 Å². The standard InChI is InChI=1S/C31H47N3O3/c1-2-3-4-5-6-7-8-9-10-11-12-13-14-15-16-17-26-37-31-24-18-28(19-25-31)27-32-33-29-20-22-30(23-21-29)34(35)36/h18-25,27,33H,2-17,26H2,1H3/b32-27+. The van der Waals surface area contributed by atoms with Crippen molar-refractivity contribution in [2.24, 2.45) is 5.10 Å². The molecule has 0 aliphatic heterocycles. The maximum Gasteiger partial charge on any atom is 0.269 e. The Morgan fingerprint density at radius 3 is 1.70 bits per heavy atom. The van der Waals surface area contributed by atoms with Crippen LogP contribution < -0.4 is 10.2 Å². The molecule has 0 aliphatic carbocycles. The minimum absolute atomic E-state index is 0.0599. The molecule has 0 bridgehead atoms. The van der Waals surface area contributed by atoms with Crippen LogP contribution in [0.5, 0.6) is 5.75 Å². The molecule has 0 amide bonds. The average molecular weight is 510 g/mol. The van der Waals surface area contributed by atoms with Gasteiger partial charge in [-0.05, 0) is 48.4 Å². The van der Waals surface area contributed by atoms with E-state index >= 15 is 0 Å². The van der Waals surface area contributed by atoms with Crippen molar-refractivity contribution in [3.8, 4) is 5.75 Å². The number of nitrogens with one attached hydrogen (secondary N) is 1. The fourth-order valence-electron chi connectivity index (χ4n) is 4.33. The number of nitrogens with zero attached hydrogens (tertiary/aromatic N) is 2. The summed E-state index contributed by atoms with van der Waals surface area (Å²) in [6.07, 6.45) is 23.7. The number of hydrogen-bond acceptors (Lipinski definition) is 5. The van der Waals surface area contributed by atoms with Crippen LogP contribution in [0, 0.1) is 10.1 Å². The highest BCUT2D eigenvalue weighted by molar-refractivity contribution is 5.80. The summed E-state index contributed by atoms with van der Waals surface area (Å²) in [4.78, 5) is 10.3. The predicted molar refractivity (Wildman–Crippen MR) is 156 cm³/mol. The van der Waals surface area contributed by atoms with E-state index in [0.29, 0.717) is 5.69 Å². The summed E-state index contributed by atoms with van der Waals surface area (Å²) in [7, 11) is 0. The summed E-state index contributed by atoms with van der Waals surface area (Å²) >= 11 is 0. The Morgan fingerprint density at radius 1 is 0.730 bits per heavy atom. The predicted octanol–water partition coefficient (Wildman–Crippen LogP) is 9.68. The van der Waals surface area contributed by atoms with Crippen LogP contribution in [0.1, 0.15) is 115 Å². The number of rotatable bonds is 22. The molecular formula is C31H47N3O3. The number of non-ortho nitro benzene ring substituents is 1. The molecule has 0 saturated carbocycles. The third-order valence-corrected chi connectivity index (χ3v) is 6.63. The Hall–Kier alpha value is -2.89. The minimum atomic E-state index is -0.419. The van der Waals surface area contributed by atoms with Crippen molar-refractivity contribution < 1.29 is 9.66 Å². The zero-order chi connectivity index (χ0) is 26.4. The number of ether oxygens (including phenoxy) is 1. The quantitative estimate of drug-likeness (QED) is 0.0741. The van der Waals surface area contributed by atoms with Crippen LogP contribution in [0.2, 0.25) is 0 Å². The second kappa shape index (κ2) is 20.2. The monoisotopic (exact) mass is 509 g/mol. The van der Waals surface area contributed by atoms with Crippen molar-refractivity contribution in [1.82, 2.24) is 0 Å². The Morgan fingerprint density at radius 2 is 1.22 bits per heavy atom. The second-order valence-electron chi connectivity index (χ2n) is 9.89.